The third-order valence-electron chi connectivity index (χ3n) is 3.91. The summed E-state index contributed by atoms with van der Waals surface area (Å²) >= 11 is 0. The molecule has 1 aromatic carbocycles. The normalized spacial score (nSPS) is 19.3. The van der Waals surface area contributed by atoms with Gasteiger partial charge in [-0.1, -0.05) is 6.07 Å². The molecule has 0 radical (unpaired) electrons. The van der Waals surface area contributed by atoms with Crippen molar-refractivity contribution in [3.05, 3.63) is 23.8 Å². The van der Waals surface area contributed by atoms with Crippen molar-refractivity contribution in [2.45, 2.75) is 31.7 Å². The molecule has 1 heterocycles. The van der Waals surface area contributed by atoms with Gasteiger partial charge in [-0.05, 0) is 37.0 Å². The van der Waals surface area contributed by atoms with E-state index in [0.717, 1.165) is 12.0 Å². The maximum atomic E-state index is 11.9. The van der Waals surface area contributed by atoms with Crippen LogP contribution < -0.4 is 14.8 Å². The molecule has 23 heavy (non-hydrogen) atoms. The summed E-state index contributed by atoms with van der Waals surface area (Å²) in [6.45, 7) is 0. The van der Waals surface area contributed by atoms with Gasteiger partial charge in [0, 0.05) is 12.5 Å². The maximum Gasteiger partial charge on any atom is 0.220 e. The molecular weight excluding hydrogens is 318 g/mol. The number of hydrogen-bond acceptors (Lipinski definition) is 5. The van der Waals surface area contributed by atoms with Crippen LogP contribution >= 0.6 is 0 Å². The van der Waals surface area contributed by atoms with Gasteiger partial charge in [-0.25, -0.2) is 8.42 Å². The van der Waals surface area contributed by atoms with E-state index in [4.69, 9.17) is 9.47 Å². The van der Waals surface area contributed by atoms with Crippen LogP contribution in [0.15, 0.2) is 18.2 Å². The Morgan fingerprint density at radius 3 is 2.61 bits per heavy atom. The minimum Gasteiger partial charge on any atom is -0.493 e. The minimum atomic E-state index is -2.96. The first-order valence-electron chi connectivity index (χ1n) is 7.64. The van der Waals surface area contributed by atoms with Crippen LogP contribution in [0.4, 0.5) is 0 Å². The highest BCUT2D eigenvalue weighted by Crippen LogP contribution is 2.28. The average Bonchev–Trinajstić information content (AvgIpc) is 2.85. The summed E-state index contributed by atoms with van der Waals surface area (Å²) < 4.78 is 33.2. The molecule has 1 aliphatic heterocycles. The van der Waals surface area contributed by atoms with Gasteiger partial charge in [-0.3, -0.25) is 4.79 Å². The van der Waals surface area contributed by atoms with Gasteiger partial charge in [-0.2, -0.15) is 0 Å². The summed E-state index contributed by atoms with van der Waals surface area (Å²) in [6, 6.07) is 5.47. The van der Waals surface area contributed by atoms with E-state index in [-0.39, 0.29) is 23.5 Å². The molecule has 2 rings (SSSR count). The lowest BCUT2D eigenvalue weighted by atomic mass is 10.1. The van der Waals surface area contributed by atoms with Crippen LogP contribution in [0.3, 0.4) is 0 Å². The summed E-state index contributed by atoms with van der Waals surface area (Å²) in [7, 11) is 0.217. The number of sulfone groups is 1. The number of aryl methyl sites for hydroxylation is 1. The molecular formula is C16H23NO5S. The fraction of sp³-hybridized carbons (Fsp3) is 0.562. The average molecular weight is 341 g/mol. The van der Waals surface area contributed by atoms with Gasteiger partial charge in [-0.15, -0.1) is 0 Å². The van der Waals surface area contributed by atoms with E-state index >= 15 is 0 Å². The molecule has 1 saturated heterocycles. The molecule has 7 heteroatoms. The topological polar surface area (TPSA) is 81.7 Å². The van der Waals surface area contributed by atoms with E-state index in [2.05, 4.69) is 5.32 Å². The van der Waals surface area contributed by atoms with E-state index in [1.54, 1.807) is 14.2 Å². The summed E-state index contributed by atoms with van der Waals surface area (Å²) in [5.41, 5.74) is 1.07. The Kier molecular flexibility index (Phi) is 5.87. The van der Waals surface area contributed by atoms with Gasteiger partial charge in [0.25, 0.3) is 0 Å². The number of methoxy groups -OCH3 is 2. The first kappa shape index (κ1) is 17.6. The quantitative estimate of drug-likeness (QED) is 0.809. The van der Waals surface area contributed by atoms with Crippen molar-refractivity contribution >= 4 is 15.7 Å². The second-order valence-electron chi connectivity index (χ2n) is 5.71. The van der Waals surface area contributed by atoms with Crippen molar-refractivity contribution in [1.82, 2.24) is 5.32 Å². The molecule has 0 spiro atoms. The summed E-state index contributed by atoms with van der Waals surface area (Å²) in [4.78, 5) is 11.9. The number of rotatable bonds is 7. The maximum absolute atomic E-state index is 11.9. The molecule has 1 unspecified atom stereocenters. The van der Waals surface area contributed by atoms with Gasteiger partial charge in [0.1, 0.15) is 0 Å². The van der Waals surface area contributed by atoms with E-state index < -0.39 is 9.84 Å². The highest BCUT2D eigenvalue weighted by atomic mass is 32.2. The third-order valence-corrected chi connectivity index (χ3v) is 5.68. The fourth-order valence-electron chi connectivity index (χ4n) is 2.70. The number of carbonyl (C=O) groups is 1. The molecule has 1 fully saturated rings. The van der Waals surface area contributed by atoms with Crippen LogP contribution in [0, 0.1) is 0 Å². The van der Waals surface area contributed by atoms with Crippen molar-refractivity contribution in [1.29, 1.82) is 0 Å². The largest absolute Gasteiger partial charge is 0.493 e. The lowest BCUT2D eigenvalue weighted by molar-refractivity contribution is -0.121. The molecule has 1 aromatic rings. The Morgan fingerprint density at radius 1 is 1.26 bits per heavy atom. The van der Waals surface area contributed by atoms with Crippen molar-refractivity contribution in [2.75, 3.05) is 25.7 Å². The minimum absolute atomic E-state index is 0.0639. The molecule has 0 aromatic heterocycles. The van der Waals surface area contributed by atoms with Gasteiger partial charge in [0.05, 0.1) is 25.7 Å². The molecule has 1 N–H and O–H groups in total. The van der Waals surface area contributed by atoms with Gasteiger partial charge >= 0.3 is 0 Å². The van der Waals surface area contributed by atoms with Crippen LogP contribution in [0.25, 0.3) is 0 Å². The zero-order chi connectivity index (χ0) is 16.9. The predicted molar refractivity (Wildman–Crippen MR) is 87.7 cm³/mol. The van der Waals surface area contributed by atoms with Crippen molar-refractivity contribution < 1.29 is 22.7 Å². The third kappa shape index (κ3) is 5.13. The highest BCUT2D eigenvalue weighted by molar-refractivity contribution is 7.91. The Labute approximate surface area is 137 Å². The van der Waals surface area contributed by atoms with Crippen molar-refractivity contribution in [3.8, 4) is 11.5 Å². The Morgan fingerprint density at radius 2 is 2.00 bits per heavy atom. The van der Waals surface area contributed by atoms with E-state index in [1.165, 1.54) is 0 Å². The number of nitrogens with one attached hydrogen (secondary N) is 1. The SMILES string of the molecule is COc1ccc(CCCC(=O)NC2CCS(=O)(=O)C2)cc1OC. The smallest absolute Gasteiger partial charge is 0.220 e. The lowest BCUT2D eigenvalue weighted by Gasteiger charge is -2.11. The van der Waals surface area contributed by atoms with Gasteiger partial charge < -0.3 is 14.8 Å². The molecule has 6 nitrogen and oxygen atoms in total. The van der Waals surface area contributed by atoms with Crippen LogP contribution in [0.2, 0.25) is 0 Å². The van der Waals surface area contributed by atoms with E-state index in [0.29, 0.717) is 30.8 Å². The molecule has 1 amide bonds. The molecule has 0 bridgehead atoms. The molecule has 0 saturated carbocycles. The van der Waals surface area contributed by atoms with Crippen molar-refractivity contribution in [2.24, 2.45) is 0 Å². The summed E-state index contributed by atoms with van der Waals surface area (Å²) in [5.74, 6) is 1.49. The summed E-state index contributed by atoms with van der Waals surface area (Å²) in [5, 5.41) is 2.80. The zero-order valence-electron chi connectivity index (χ0n) is 13.5. The van der Waals surface area contributed by atoms with E-state index in [1.807, 2.05) is 18.2 Å². The Hall–Kier alpha value is -1.76. The number of ether oxygens (including phenoxy) is 2. The highest BCUT2D eigenvalue weighted by Gasteiger charge is 2.28. The molecule has 0 aliphatic carbocycles. The predicted octanol–water partition coefficient (Wildman–Crippen LogP) is 1.33. The number of carbonyl (C=O) groups excluding carboxylic acids is 1. The number of benzene rings is 1. The first-order valence-corrected chi connectivity index (χ1v) is 9.46. The first-order chi connectivity index (χ1) is 10.9. The standard InChI is InChI=1S/C16H23NO5S/c1-21-14-7-6-12(10-15(14)22-2)4-3-5-16(18)17-13-8-9-23(19,20)11-13/h6-7,10,13H,3-5,8-9,11H2,1-2H3,(H,17,18). The summed E-state index contributed by atoms with van der Waals surface area (Å²) in [6.07, 6.45) is 2.34. The number of hydrogen-bond donors (Lipinski definition) is 1. The molecule has 1 aliphatic rings. The van der Waals surface area contributed by atoms with Gasteiger partial charge in [0.2, 0.25) is 5.91 Å². The Balaban J connectivity index is 1.77. The van der Waals surface area contributed by atoms with Crippen molar-refractivity contribution in [3.63, 3.8) is 0 Å². The van der Waals surface area contributed by atoms with E-state index in [9.17, 15) is 13.2 Å². The monoisotopic (exact) mass is 341 g/mol. The van der Waals surface area contributed by atoms with Gasteiger partial charge in [0.15, 0.2) is 21.3 Å². The van der Waals surface area contributed by atoms with Crippen LogP contribution in [-0.2, 0) is 21.1 Å². The second-order valence-corrected chi connectivity index (χ2v) is 7.94. The zero-order valence-corrected chi connectivity index (χ0v) is 14.3. The fourth-order valence-corrected chi connectivity index (χ4v) is 4.37. The molecule has 128 valence electrons. The second kappa shape index (κ2) is 7.68. The van der Waals surface area contributed by atoms with Crippen LogP contribution in [0.5, 0.6) is 11.5 Å². The van der Waals surface area contributed by atoms with Crippen LogP contribution in [-0.4, -0.2) is 46.1 Å². The molecule has 1 atom stereocenters. The number of amides is 1. The Bertz CT molecular complexity index is 656. The lowest BCUT2D eigenvalue weighted by Crippen LogP contribution is -2.35. The van der Waals surface area contributed by atoms with Crippen LogP contribution in [0.1, 0.15) is 24.8 Å².